The van der Waals surface area contributed by atoms with Crippen LogP contribution in [0.2, 0.25) is 0 Å². The van der Waals surface area contributed by atoms with Crippen LogP contribution in [0.4, 0.5) is 12.9 Å². The van der Waals surface area contributed by atoms with E-state index in [-0.39, 0.29) is 51.4 Å². The second kappa shape index (κ2) is 5.60. The smallest absolute Gasteiger partial charge is 0.445 e. The molecule has 2 rings (SSSR count). The van der Waals surface area contributed by atoms with Crippen molar-refractivity contribution in [2.24, 2.45) is 0 Å². The molecule has 15 heavy (non-hydrogen) atoms. The van der Waals surface area contributed by atoms with E-state index in [1.54, 1.807) is 17.8 Å². The molecule has 0 bridgehead atoms. The van der Waals surface area contributed by atoms with E-state index in [0.717, 1.165) is 29.1 Å². The van der Waals surface area contributed by atoms with Crippen LogP contribution in [0.25, 0.3) is 0 Å². The minimum absolute atomic E-state index is 0. The van der Waals surface area contributed by atoms with Crippen LogP contribution in [0.5, 0.6) is 0 Å². The molecule has 0 N–H and O–H groups in total. The van der Waals surface area contributed by atoms with Gasteiger partial charge in [-0.2, -0.15) is 0 Å². The monoisotopic (exact) mass is 256 g/mol. The molecule has 1 heterocycles. The number of hydrogen-bond acceptors (Lipinski definition) is 1. The number of benzene rings is 1. The Kier molecular flexibility index (Phi) is 5.27. The maximum atomic E-state index is 12.4. The molecular weight excluding hydrogens is 247 g/mol. The first-order valence-electron chi connectivity index (χ1n) is 4.53. The van der Waals surface area contributed by atoms with Crippen LogP contribution < -0.4 is 56.8 Å². The van der Waals surface area contributed by atoms with Crippen molar-refractivity contribution in [3.8, 4) is 0 Å². The molecule has 0 aromatic heterocycles. The first-order chi connectivity index (χ1) is 6.57. The van der Waals surface area contributed by atoms with Gasteiger partial charge in [-0.25, -0.2) is 0 Å². The molecule has 1 aliphatic heterocycles. The van der Waals surface area contributed by atoms with Gasteiger partial charge in [-0.05, 0) is 24.2 Å². The second-order valence-corrected chi connectivity index (χ2v) is 4.53. The first kappa shape index (κ1) is 14.1. The van der Waals surface area contributed by atoms with Crippen LogP contribution in [0.3, 0.4) is 0 Å². The van der Waals surface area contributed by atoms with Gasteiger partial charge in [-0.3, -0.25) is 0 Å². The average molecular weight is 256 g/mol. The Morgan fingerprint density at radius 2 is 1.93 bits per heavy atom. The molecule has 0 spiro atoms. The van der Waals surface area contributed by atoms with Gasteiger partial charge in [-0.1, -0.05) is 18.2 Å². The standard InChI is InChI=1S/C9H9BF3S.K/c11-10(12,13)8-3-4-9-7(6-8)2-1-5-14-9;/h3-4,6H,1-2,5H2;/q-1;+1. The summed E-state index contributed by atoms with van der Waals surface area (Å²) in [6, 6.07) is 4.10. The summed E-state index contributed by atoms with van der Waals surface area (Å²) in [5.74, 6) is 1.02. The van der Waals surface area contributed by atoms with Gasteiger partial charge in [0, 0.05) is 4.90 Å². The van der Waals surface area contributed by atoms with E-state index in [4.69, 9.17) is 0 Å². The first-order valence-corrected chi connectivity index (χ1v) is 5.51. The van der Waals surface area contributed by atoms with Gasteiger partial charge < -0.3 is 12.9 Å². The van der Waals surface area contributed by atoms with Crippen molar-refractivity contribution < 1.29 is 64.3 Å². The van der Waals surface area contributed by atoms with Crippen LogP contribution in [0.1, 0.15) is 12.0 Å². The molecule has 0 nitrogen and oxygen atoms in total. The molecule has 76 valence electrons. The predicted molar refractivity (Wildman–Crippen MR) is 54.2 cm³/mol. The van der Waals surface area contributed by atoms with Crippen molar-refractivity contribution >= 4 is 24.2 Å². The van der Waals surface area contributed by atoms with Gasteiger partial charge in [-0.15, -0.1) is 17.2 Å². The molecular formula is C9H9BF3KS. The summed E-state index contributed by atoms with van der Waals surface area (Å²) in [7, 11) is 0. The summed E-state index contributed by atoms with van der Waals surface area (Å²) in [6.07, 6.45) is 1.76. The molecule has 1 aliphatic rings. The Morgan fingerprint density at radius 3 is 2.60 bits per heavy atom. The van der Waals surface area contributed by atoms with Crippen LogP contribution in [0.15, 0.2) is 23.1 Å². The average Bonchev–Trinajstić information content (AvgIpc) is 2.16. The molecule has 0 fully saturated rings. The largest absolute Gasteiger partial charge is 1.00 e. The molecule has 0 radical (unpaired) electrons. The van der Waals surface area contributed by atoms with Crippen molar-refractivity contribution in [2.45, 2.75) is 17.7 Å². The van der Waals surface area contributed by atoms with E-state index in [1.807, 2.05) is 0 Å². The fraction of sp³-hybridized carbons (Fsp3) is 0.333. The predicted octanol–water partition coefficient (Wildman–Crippen LogP) is -0.217. The van der Waals surface area contributed by atoms with Crippen LogP contribution in [-0.2, 0) is 6.42 Å². The Balaban J connectivity index is 0.00000112. The van der Waals surface area contributed by atoms with Crippen molar-refractivity contribution in [1.29, 1.82) is 0 Å². The van der Waals surface area contributed by atoms with E-state index >= 15 is 0 Å². The molecule has 0 unspecified atom stereocenters. The molecule has 1 aromatic carbocycles. The minimum atomic E-state index is -4.84. The van der Waals surface area contributed by atoms with Gasteiger partial charge in [0.1, 0.15) is 0 Å². The third-order valence-corrected chi connectivity index (χ3v) is 3.51. The quantitative estimate of drug-likeness (QED) is 0.626. The number of thioether (sulfide) groups is 1. The van der Waals surface area contributed by atoms with Crippen molar-refractivity contribution in [2.75, 3.05) is 5.75 Å². The number of aryl methyl sites for hydroxylation is 1. The van der Waals surface area contributed by atoms with Crippen molar-refractivity contribution in [3.63, 3.8) is 0 Å². The maximum Gasteiger partial charge on any atom is 1.00 e. The summed E-state index contributed by atoms with van der Waals surface area (Å²) < 4.78 is 37.2. The summed E-state index contributed by atoms with van der Waals surface area (Å²) >= 11 is 1.65. The van der Waals surface area contributed by atoms with Crippen molar-refractivity contribution in [1.82, 2.24) is 0 Å². The summed E-state index contributed by atoms with van der Waals surface area (Å²) in [5, 5.41) is 0. The number of rotatable bonds is 1. The molecule has 0 saturated heterocycles. The van der Waals surface area contributed by atoms with Gasteiger partial charge in [0.2, 0.25) is 0 Å². The molecule has 6 heteroatoms. The van der Waals surface area contributed by atoms with E-state index in [9.17, 15) is 12.9 Å². The van der Waals surface area contributed by atoms with Gasteiger partial charge in [0.15, 0.2) is 0 Å². The Labute approximate surface area is 134 Å². The third-order valence-electron chi connectivity index (χ3n) is 2.31. The van der Waals surface area contributed by atoms with E-state index in [1.165, 1.54) is 12.1 Å². The normalized spacial score (nSPS) is 15.4. The van der Waals surface area contributed by atoms with Gasteiger partial charge in [0.25, 0.3) is 0 Å². The summed E-state index contributed by atoms with van der Waals surface area (Å²) in [6.45, 7) is -4.84. The Morgan fingerprint density at radius 1 is 1.20 bits per heavy atom. The second-order valence-electron chi connectivity index (χ2n) is 3.39. The molecule has 1 aromatic rings. The zero-order valence-electron chi connectivity index (χ0n) is 8.47. The van der Waals surface area contributed by atoms with Gasteiger partial charge in [0.05, 0.1) is 0 Å². The van der Waals surface area contributed by atoms with Crippen LogP contribution in [0, 0.1) is 0 Å². The topological polar surface area (TPSA) is 0 Å². The molecule has 0 amide bonds. The zero-order valence-corrected chi connectivity index (χ0v) is 12.4. The van der Waals surface area contributed by atoms with Crippen molar-refractivity contribution in [3.05, 3.63) is 23.8 Å². The third kappa shape index (κ3) is 3.51. The number of halogens is 3. The minimum Gasteiger partial charge on any atom is -0.445 e. The van der Waals surface area contributed by atoms with E-state index in [2.05, 4.69) is 0 Å². The molecule has 0 aliphatic carbocycles. The van der Waals surface area contributed by atoms with Gasteiger partial charge >= 0.3 is 58.4 Å². The summed E-state index contributed by atoms with van der Waals surface area (Å²) in [5.41, 5.74) is 0.393. The Hall–Kier alpha value is 1.06. The van der Waals surface area contributed by atoms with Crippen LogP contribution >= 0.6 is 11.8 Å². The Bertz CT molecular complexity index is 354. The van der Waals surface area contributed by atoms with E-state index < -0.39 is 12.4 Å². The van der Waals surface area contributed by atoms with Crippen LogP contribution in [-0.4, -0.2) is 12.7 Å². The number of fused-ring (bicyclic) bond motifs is 1. The zero-order chi connectivity index (χ0) is 10.2. The molecule has 0 atom stereocenters. The van der Waals surface area contributed by atoms with E-state index in [0.29, 0.717) is 0 Å². The number of hydrogen-bond donors (Lipinski definition) is 0. The fourth-order valence-electron chi connectivity index (χ4n) is 1.58. The SMILES string of the molecule is F[B-](F)(F)c1ccc2c(c1)CCCS2.[K+]. The maximum absolute atomic E-state index is 12.4. The fourth-order valence-corrected chi connectivity index (χ4v) is 2.60. The summed E-state index contributed by atoms with van der Waals surface area (Å²) in [4.78, 5) is 1.01. The molecule has 0 saturated carbocycles.